The van der Waals surface area contributed by atoms with Gasteiger partial charge in [0.2, 0.25) is 5.91 Å². The van der Waals surface area contributed by atoms with Gasteiger partial charge in [0.05, 0.1) is 5.69 Å². The zero-order valence-corrected chi connectivity index (χ0v) is 12.1. The summed E-state index contributed by atoms with van der Waals surface area (Å²) in [6.45, 7) is 6.22. The summed E-state index contributed by atoms with van der Waals surface area (Å²) in [7, 11) is 0. The number of halogens is 1. The van der Waals surface area contributed by atoms with Crippen LogP contribution in [0.5, 0.6) is 0 Å². The molecule has 5 heteroatoms. The van der Waals surface area contributed by atoms with Gasteiger partial charge in [-0.25, -0.2) is 4.39 Å². The molecule has 1 fully saturated rings. The van der Waals surface area contributed by atoms with E-state index in [1.54, 1.807) is 13.0 Å². The first kappa shape index (κ1) is 14.8. The monoisotopic (exact) mass is 279 g/mol. The van der Waals surface area contributed by atoms with Gasteiger partial charge in [-0.2, -0.15) is 0 Å². The fourth-order valence-corrected chi connectivity index (χ4v) is 2.54. The summed E-state index contributed by atoms with van der Waals surface area (Å²) in [5, 5.41) is 0. The predicted octanol–water partition coefficient (Wildman–Crippen LogP) is 1.90. The topological polar surface area (TPSA) is 49.6 Å². The highest BCUT2D eigenvalue weighted by molar-refractivity contribution is 5.73. The number of hydrogen-bond donors (Lipinski definition) is 1. The van der Waals surface area contributed by atoms with Gasteiger partial charge < -0.3 is 15.5 Å². The molecule has 20 heavy (non-hydrogen) atoms. The number of amides is 1. The third-order valence-corrected chi connectivity index (χ3v) is 3.78. The van der Waals surface area contributed by atoms with Gasteiger partial charge in [0.25, 0.3) is 0 Å². The van der Waals surface area contributed by atoms with E-state index in [-0.39, 0.29) is 17.8 Å². The number of nitrogens with two attached hydrogens (primary N) is 1. The average molecular weight is 279 g/mol. The van der Waals surface area contributed by atoms with E-state index in [0.717, 1.165) is 25.1 Å². The molecule has 2 N–H and O–H groups in total. The zero-order chi connectivity index (χ0) is 14.7. The second kappa shape index (κ2) is 6.22. The van der Waals surface area contributed by atoms with Crippen LogP contribution in [0.2, 0.25) is 0 Å². The van der Waals surface area contributed by atoms with Gasteiger partial charge in [0, 0.05) is 39.1 Å². The summed E-state index contributed by atoms with van der Waals surface area (Å²) in [6.07, 6.45) is 0.855. The minimum Gasteiger partial charge on any atom is -0.367 e. The first-order chi connectivity index (χ1) is 9.49. The van der Waals surface area contributed by atoms with Crippen LogP contribution in [-0.2, 0) is 4.79 Å². The van der Waals surface area contributed by atoms with E-state index < -0.39 is 0 Å². The van der Waals surface area contributed by atoms with Gasteiger partial charge in [-0.05, 0) is 31.0 Å². The van der Waals surface area contributed by atoms with Crippen molar-refractivity contribution in [1.82, 2.24) is 4.90 Å². The van der Waals surface area contributed by atoms with Gasteiger partial charge in [0.15, 0.2) is 0 Å². The van der Waals surface area contributed by atoms with Gasteiger partial charge in [0.1, 0.15) is 5.82 Å². The minimum absolute atomic E-state index is 0.0830. The molecule has 1 aromatic rings. The van der Waals surface area contributed by atoms with Crippen molar-refractivity contribution in [1.29, 1.82) is 0 Å². The van der Waals surface area contributed by atoms with E-state index in [2.05, 4.69) is 0 Å². The van der Waals surface area contributed by atoms with E-state index >= 15 is 0 Å². The zero-order valence-electron chi connectivity index (χ0n) is 12.1. The normalized spacial score (nSPS) is 17.8. The summed E-state index contributed by atoms with van der Waals surface area (Å²) < 4.78 is 14.2. The Morgan fingerprint density at radius 3 is 2.65 bits per heavy atom. The molecule has 4 nitrogen and oxygen atoms in total. The molecule has 1 heterocycles. The number of carbonyl (C=O) groups excluding carboxylic acids is 1. The number of hydrogen-bond acceptors (Lipinski definition) is 3. The first-order valence-corrected chi connectivity index (χ1v) is 7.04. The van der Waals surface area contributed by atoms with Crippen LogP contribution in [-0.4, -0.2) is 37.0 Å². The van der Waals surface area contributed by atoms with Crippen LogP contribution >= 0.6 is 0 Å². The maximum absolute atomic E-state index is 14.2. The average Bonchev–Trinajstić information content (AvgIpc) is 2.64. The quantitative estimate of drug-likeness (QED) is 0.899. The van der Waals surface area contributed by atoms with Crippen molar-refractivity contribution in [2.45, 2.75) is 26.3 Å². The van der Waals surface area contributed by atoms with Crippen molar-refractivity contribution in [3.05, 3.63) is 29.6 Å². The number of rotatable bonds is 2. The van der Waals surface area contributed by atoms with Crippen LogP contribution in [0.4, 0.5) is 10.1 Å². The van der Waals surface area contributed by atoms with Gasteiger partial charge in [-0.3, -0.25) is 4.79 Å². The molecule has 1 amide bonds. The molecule has 0 aromatic heterocycles. The van der Waals surface area contributed by atoms with Gasteiger partial charge >= 0.3 is 0 Å². The highest BCUT2D eigenvalue weighted by Crippen LogP contribution is 2.24. The van der Waals surface area contributed by atoms with Crippen molar-refractivity contribution >= 4 is 11.6 Å². The lowest BCUT2D eigenvalue weighted by Crippen LogP contribution is -2.33. The Kier molecular flexibility index (Phi) is 4.60. The van der Waals surface area contributed by atoms with Crippen LogP contribution < -0.4 is 10.6 Å². The molecule has 2 rings (SSSR count). The second-order valence-corrected chi connectivity index (χ2v) is 5.35. The van der Waals surface area contributed by atoms with Crippen molar-refractivity contribution in [2.75, 3.05) is 31.1 Å². The summed E-state index contributed by atoms with van der Waals surface area (Å²) in [5.41, 5.74) is 7.16. The van der Waals surface area contributed by atoms with Crippen LogP contribution in [0, 0.1) is 5.82 Å². The molecule has 0 radical (unpaired) electrons. The molecule has 0 aliphatic carbocycles. The van der Waals surface area contributed by atoms with Crippen molar-refractivity contribution in [3.63, 3.8) is 0 Å². The third kappa shape index (κ3) is 3.28. The Hall–Kier alpha value is -1.62. The molecule has 0 unspecified atom stereocenters. The van der Waals surface area contributed by atoms with E-state index in [9.17, 15) is 9.18 Å². The number of benzene rings is 1. The van der Waals surface area contributed by atoms with Crippen LogP contribution in [0.15, 0.2) is 18.2 Å². The lowest BCUT2D eigenvalue weighted by atomic mass is 10.1. The highest BCUT2D eigenvalue weighted by Gasteiger charge is 2.19. The lowest BCUT2D eigenvalue weighted by Gasteiger charge is -2.24. The molecular formula is C15H22FN3O. The minimum atomic E-state index is -0.240. The molecule has 0 bridgehead atoms. The van der Waals surface area contributed by atoms with Crippen molar-refractivity contribution in [3.8, 4) is 0 Å². The lowest BCUT2D eigenvalue weighted by molar-refractivity contribution is -0.128. The number of carbonyl (C=O) groups is 1. The smallest absolute Gasteiger partial charge is 0.219 e. The maximum Gasteiger partial charge on any atom is 0.219 e. The Morgan fingerprint density at radius 2 is 2.05 bits per heavy atom. The standard InChI is InChI=1S/C15H22FN3O/c1-11(17)13-4-5-15(14(16)10-13)19-7-3-6-18(8-9-19)12(2)20/h4-5,10-11H,3,6-9,17H2,1-2H3/t11-/m1/s1. The molecule has 110 valence electrons. The fraction of sp³-hybridized carbons (Fsp3) is 0.533. The van der Waals surface area contributed by atoms with E-state index in [4.69, 9.17) is 5.73 Å². The van der Waals surface area contributed by atoms with E-state index in [0.29, 0.717) is 18.8 Å². The van der Waals surface area contributed by atoms with Crippen LogP contribution in [0.3, 0.4) is 0 Å². The Bertz CT molecular complexity index is 490. The Balaban J connectivity index is 2.13. The molecule has 0 saturated carbocycles. The molecule has 1 aliphatic rings. The van der Waals surface area contributed by atoms with Crippen LogP contribution in [0.25, 0.3) is 0 Å². The maximum atomic E-state index is 14.2. The Labute approximate surface area is 119 Å². The second-order valence-electron chi connectivity index (χ2n) is 5.35. The summed E-state index contributed by atoms with van der Waals surface area (Å²) in [5.74, 6) is -0.157. The Morgan fingerprint density at radius 1 is 1.30 bits per heavy atom. The first-order valence-electron chi connectivity index (χ1n) is 7.04. The molecule has 1 saturated heterocycles. The largest absolute Gasteiger partial charge is 0.367 e. The highest BCUT2D eigenvalue weighted by atomic mass is 19.1. The van der Waals surface area contributed by atoms with Gasteiger partial charge in [-0.15, -0.1) is 0 Å². The van der Waals surface area contributed by atoms with E-state index in [1.165, 1.54) is 6.07 Å². The van der Waals surface area contributed by atoms with Crippen LogP contribution in [0.1, 0.15) is 31.9 Å². The number of anilines is 1. The molecule has 1 atom stereocenters. The van der Waals surface area contributed by atoms with Crippen molar-refractivity contribution in [2.24, 2.45) is 5.73 Å². The number of nitrogens with zero attached hydrogens (tertiary/aromatic N) is 2. The summed E-state index contributed by atoms with van der Waals surface area (Å²) >= 11 is 0. The molecular weight excluding hydrogens is 257 g/mol. The molecule has 1 aliphatic heterocycles. The van der Waals surface area contributed by atoms with Gasteiger partial charge in [-0.1, -0.05) is 6.07 Å². The summed E-state index contributed by atoms with van der Waals surface area (Å²) in [6, 6.07) is 5.00. The third-order valence-electron chi connectivity index (χ3n) is 3.78. The van der Waals surface area contributed by atoms with Crippen molar-refractivity contribution < 1.29 is 9.18 Å². The molecule has 0 spiro atoms. The SMILES string of the molecule is CC(=O)N1CCCN(c2ccc([C@@H](C)N)cc2F)CC1. The fourth-order valence-electron chi connectivity index (χ4n) is 2.54. The van der Waals surface area contributed by atoms with E-state index in [1.807, 2.05) is 22.8 Å². The summed E-state index contributed by atoms with van der Waals surface area (Å²) in [4.78, 5) is 15.2. The molecule has 1 aromatic carbocycles. The predicted molar refractivity (Wildman–Crippen MR) is 78.1 cm³/mol.